The molecular weight excluding hydrogens is 228 g/mol. The van der Waals surface area contributed by atoms with Gasteiger partial charge in [0.1, 0.15) is 0 Å². The van der Waals surface area contributed by atoms with Crippen LogP contribution >= 0.6 is 0 Å². The summed E-state index contributed by atoms with van der Waals surface area (Å²) in [6.07, 6.45) is 0. The first-order valence-electron chi connectivity index (χ1n) is 6.18. The molecule has 1 fully saturated rings. The molecule has 1 aliphatic rings. The molecule has 18 heavy (non-hydrogen) atoms. The molecule has 0 bridgehead atoms. The minimum Gasteiger partial charge on any atom is -0.349 e. The van der Waals surface area contributed by atoms with Crippen molar-refractivity contribution in [1.82, 2.24) is 10.2 Å². The third-order valence-corrected chi connectivity index (χ3v) is 3.36. The first-order valence-corrected chi connectivity index (χ1v) is 6.18. The van der Waals surface area contributed by atoms with Gasteiger partial charge in [0.15, 0.2) is 0 Å². The molecule has 0 unspecified atom stereocenters. The number of nitrogens with one attached hydrogen (secondary N) is 1. The Labute approximate surface area is 107 Å². The molecule has 0 spiro atoms. The highest BCUT2D eigenvalue weighted by Crippen LogP contribution is 2.18. The predicted octanol–water partition coefficient (Wildman–Crippen LogP) is 1.34. The highest BCUT2D eigenvalue weighted by atomic mass is 16.2. The van der Waals surface area contributed by atoms with Crippen molar-refractivity contribution in [2.75, 3.05) is 13.1 Å². The van der Waals surface area contributed by atoms with Crippen LogP contribution in [0.3, 0.4) is 0 Å². The van der Waals surface area contributed by atoms with Gasteiger partial charge >= 0.3 is 0 Å². The number of rotatable bonds is 3. The Balaban J connectivity index is 1.84. The molecule has 1 atom stereocenters. The maximum atomic E-state index is 11.9. The van der Waals surface area contributed by atoms with Crippen LogP contribution in [0.25, 0.3) is 0 Å². The van der Waals surface area contributed by atoms with Crippen LogP contribution in [0.2, 0.25) is 0 Å². The first kappa shape index (κ1) is 12.6. The van der Waals surface area contributed by atoms with E-state index in [0.717, 1.165) is 5.56 Å². The quantitative estimate of drug-likeness (QED) is 0.875. The fourth-order valence-electron chi connectivity index (χ4n) is 2.06. The SMILES string of the molecule is CC(=O)N1CC(C(=O)N[C@@H](C)c2ccccc2)C1. The summed E-state index contributed by atoms with van der Waals surface area (Å²) >= 11 is 0. The molecule has 1 aromatic carbocycles. The molecule has 0 aliphatic carbocycles. The number of carbonyl (C=O) groups is 2. The molecule has 0 aromatic heterocycles. The predicted molar refractivity (Wildman–Crippen MR) is 68.7 cm³/mol. The van der Waals surface area contributed by atoms with Gasteiger partial charge in [0.2, 0.25) is 11.8 Å². The van der Waals surface area contributed by atoms with Crippen LogP contribution in [0.1, 0.15) is 25.5 Å². The number of likely N-dealkylation sites (tertiary alicyclic amines) is 1. The topological polar surface area (TPSA) is 49.4 Å². The van der Waals surface area contributed by atoms with E-state index in [0.29, 0.717) is 13.1 Å². The summed E-state index contributed by atoms with van der Waals surface area (Å²) in [5.41, 5.74) is 1.09. The third-order valence-electron chi connectivity index (χ3n) is 3.36. The summed E-state index contributed by atoms with van der Waals surface area (Å²) in [6.45, 7) is 4.58. The third kappa shape index (κ3) is 2.70. The van der Waals surface area contributed by atoms with Gasteiger partial charge in [0, 0.05) is 20.0 Å². The first-order chi connectivity index (χ1) is 8.58. The summed E-state index contributed by atoms with van der Waals surface area (Å²) in [5, 5.41) is 2.98. The van der Waals surface area contributed by atoms with Crippen LogP contribution in [0.5, 0.6) is 0 Å². The molecule has 0 radical (unpaired) electrons. The highest BCUT2D eigenvalue weighted by molar-refractivity contribution is 5.83. The van der Waals surface area contributed by atoms with Crippen molar-refractivity contribution >= 4 is 11.8 Å². The minimum atomic E-state index is -0.0555. The van der Waals surface area contributed by atoms with Crippen molar-refractivity contribution in [1.29, 1.82) is 0 Å². The Bertz CT molecular complexity index is 438. The second kappa shape index (κ2) is 5.21. The molecule has 1 N–H and O–H groups in total. The normalized spacial score (nSPS) is 16.9. The Hall–Kier alpha value is -1.84. The van der Waals surface area contributed by atoms with E-state index < -0.39 is 0 Å². The van der Waals surface area contributed by atoms with Gasteiger partial charge in [-0.1, -0.05) is 30.3 Å². The van der Waals surface area contributed by atoms with Gasteiger partial charge in [-0.25, -0.2) is 0 Å². The molecule has 1 saturated heterocycles. The molecule has 96 valence electrons. The van der Waals surface area contributed by atoms with Gasteiger partial charge in [-0.3, -0.25) is 9.59 Å². The Morgan fingerprint density at radius 1 is 1.28 bits per heavy atom. The summed E-state index contributed by atoms with van der Waals surface area (Å²) in [5.74, 6) is 0.0130. The largest absolute Gasteiger partial charge is 0.349 e. The van der Waals surface area contributed by atoms with Crippen molar-refractivity contribution < 1.29 is 9.59 Å². The smallest absolute Gasteiger partial charge is 0.227 e. The molecule has 4 heteroatoms. The van der Waals surface area contributed by atoms with E-state index >= 15 is 0 Å². The molecule has 0 saturated carbocycles. The molecule has 1 aliphatic heterocycles. The molecular formula is C14H18N2O2. The lowest BCUT2D eigenvalue weighted by Crippen LogP contribution is -2.55. The monoisotopic (exact) mass is 246 g/mol. The molecule has 1 heterocycles. The van der Waals surface area contributed by atoms with Gasteiger partial charge < -0.3 is 10.2 Å². The minimum absolute atomic E-state index is 0.00470. The van der Waals surface area contributed by atoms with E-state index in [4.69, 9.17) is 0 Å². The van der Waals surface area contributed by atoms with Crippen molar-refractivity contribution in [3.05, 3.63) is 35.9 Å². The van der Waals surface area contributed by atoms with E-state index in [-0.39, 0.29) is 23.8 Å². The van der Waals surface area contributed by atoms with E-state index in [1.54, 1.807) is 4.90 Å². The molecule has 2 amide bonds. The standard InChI is InChI=1S/C14H18N2O2/c1-10(12-6-4-3-5-7-12)15-14(18)13-8-16(9-13)11(2)17/h3-7,10,13H,8-9H2,1-2H3,(H,15,18)/t10-/m0/s1. The van der Waals surface area contributed by atoms with Crippen LogP contribution in [0, 0.1) is 5.92 Å². The molecule has 4 nitrogen and oxygen atoms in total. The van der Waals surface area contributed by atoms with Gasteiger partial charge in [0.25, 0.3) is 0 Å². The summed E-state index contributed by atoms with van der Waals surface area (Å²) in [4.78, 5) is 24.6. The molecule has 2 rings (SSSR count). The lowest BCUT2D eigenvalue weighted by atomic mass is 9.98. The van der Waals surface area contributed by atoms with Gasteiger partial charge in [-0.05, 0) is 12.5 Å². The molecule has 1 aromatic rings. The van der Waals surface area contributed by atoms with Crippen molar-refractivity contribution in [3.63, 3.8) is 0 Å². The van der Waals surface area contributed by atoms with Crippen LogP contribution in [-0.2, 0) is 9.59 Å². The van der Waals surface area contributed by atoms with Gasteiger partial charge in [0.05, 0.1) is 12.0 Å². The number of carbonyl (C=O) groups excluding carboxylic acids is 2. The second-order valence-electron chi connectivity index (χ2n) is 4.76. The Morgan fingerprint density at radius 3 is 2.44 bits per heavy atom. The number of hydrogen-bond acceptors (Lipinski definition) is 2. The Morgan fingerprint density at radius 2 is 1.89 bits per heavy atom. The lowest BCUT2D eigenvalue weighted by Gasteiger charge is -2.38. The van der Waals surface area contributed by atoms with E-state index in [2.05, 4.69) is 5.32 Å². The lowest BCUT2D eigenvalue weighted by molar-refractivity contribution is -0.141. The van der Waals surface area contributed by atoms with Crippen LogP contribution in [-0.4, -0.2) is 29.8 Å². The van der Waals surface area contributed by atoms with Crippen LogP contribution in [0.4, 0.5) is 0 Å². The van der Waals surface area contributed by atoms with Crippen LogP contribution in [0.15, 0.2) is 30.3 Å². The van der Waals surface area contributed by atoms with Gasteiger partial charge in [-0.2, -0.15) is 0 Å². The zero-order valence-corrected chi connectivity index (χ0v) is 10.7. The number of hydrogen-bond donors (Lipinski definition) is 1. The number of nitrogens with zero attached hydrogens (tertiary/aromatic N) is 1. The highest BCUT2D eigenvalue weighted by Gasteiger charge is 2.34. The van der Waals surface area contributed by atoms with Crippen molar-refractivity contribution in [2.24, 2.45) is 5.92 Å². The van der Waals surface area contributed by atoms with Crippen molar-refractivity contribution in [2.45, 2.75) is 19.9 Å². The fraction of sp³-hybridized carbons (Fsp3) is 0.429. The zero-order valence-electron chi connectivity index (χ0n) is 10.7. The Kier molecular flexibility index (Phi) is 3.65. The maximum Gasteiger partial charge on any atom is 0.227 e. The van der Waals surface area contributed by atoms with Crippen molar-refractivity contribution in [3.8, 4) is 0 Å². The maximum absolute atomic E-state index is 11.9. The van der Waals surface area contributed by atoms with E-state index in [9.17, 15) is 9.59 Å². The van der Waals surface area contributed by atoms with Gasteiger partial charge in [-0.15, -0.1) is 0 Å². The van der Waals surface area contributed by atoms with Crippen LogP contribution < -0.4 is 5.32 Å². The second-order valence-corrected chi connectivity index (χ2v) is 4.76. The fourth-order valence-corrected chi connectivity index (χ4v) is 2.06. The summed E-state index contributed by atoms with van der Waals surface area (Å²) < 4.78 is 0. The summed E-state index contributed by atoms with van der Waals surface area (Å²) in [6, 6.07) is 9.86. The average molecular weight is 246 g/mol. The average Bonchev–Trinajstić information content (AvgIpc) is 2.27. The van der Waals surface area contributed by atoms with E-state index in [1.807, 2.05) is 37.3 Å². The zero-order chi connectivity index (χ0) is 13.1. The van der Waals surface area contributed by atoms with E-state index in [1.165, 1.54) is 6.92 Å². The number of benzene rings is 1. The summed E-state index contributed by atoms with van der Waals surface area (Å²) in [7, 11) is 0. The number of amides is 2.